The number of aromatic nitrogens is 1. The average molecular weight is 447 g/mol. The van der Waals surface area contributed by atoms with Gasteiger partial charge in [0.05, 0.1) is 7.14 Å². The molecule has 0 saturated carbocycles. The number of nitrogens with zero attached hydrogens (tertiary/aromatic N) is 1. The van der Waals surface area contributed by atoms with Gasteiger partial charge in [0.25, 0.3) is 0 Å². The van der Waals surface area contributed by atoms with Gasteiger partial charge in [0, 0.05) is 25.4 Å². The van der Waals surface area contributed by atoms with Crippen LogP contribution in [0.4, 0.5) is 0 Å². The van der Waals surface area contributed by atoms with Gasteiger partial charge in [-0.1, -0.05) is 0 Å². The van der Waals surface area contributed by atoms with E-state index in [-0.39, 0.29) is 11.8 Å². The highest BCUT2D eigenvalue weighted by atomic mass is 127. The first-order valence-corrected chi connectivity index (χ1v) is 6.93. The predicted molar refractivity (Wildman–Crippen MR) is 77.6 cm³/mol. The molecule has 0 aromatic carbocycles. The van der Waals surface area contributed by atoms with Gasteiger partial charge < -0.3 is 9.67 Å². The van der Waals surface area contributed by atoms with Crippen LogP contribution in [0.3, 0.4) is 0 Å². The molecule has 88 valence electrons. The van der Waals surface area contributed by atoms with Gasteiger partial charge in [-0.3, -0.25) is 9.59 Å². The number of aliphatic carboxylic acids is 1. The monoisotopic (exact) mass is 447 g/mol. The zero-order valence-electron chi connectivity index (χ0n) is 8.45. The molecule has 0 saturated heterocycles. The number of hydrogen-bond donors (Lipinski definition) is 1. The van der Waals surface area contributed by atoms with Crippen LogP contribution < -0.4 is 5.43 Å². The van der Waals surface area contributed by atoms with E-state index in [9.17, 15) is 9.59 Å². The van der Waals surface area contributed by atoms with Gasteiger partial charge in [-0.15, -0.1) is 0 Å². The van der Waals surface area contributed by atoms with E-state index in [4.69, 9.17) is 5.11 Å². The molecule has 0 bridgehead atoms. The van der Waals surface area contributed by atoms with E-state index in [1.54, 1.807) is 12.4 Å². The summed E-state index contributed by atoms with van der Waals surface area (Å²) in [6.45, 7) is 0.750. The third kappa shape index (κ3) is 4.40. The summed E-state index contributed by atoms with van der Waals surface area (Å²) in [5.41, 5.74) is 0.0583. The number of carboxylic acid groups (broad SMARTS) is 1. The topological polar surface area (TPSA) is 59.3 Å². The molecule has 16 heavy (non-hydrogen) atoms. The number of carboxylic acids is 1. The molecular weight excluding hydrogens is 436 g/mol. The van der Waals surface area contributed by atoms with Crippen LogP contribution in [0.2, 0.25) is 0 Å². The number of carbonyl (C=O) groups is 1. The van der Waals surface area contributed by atoms with Gasteiger partial charge in [0.1, 0.15) is 0 Å². The molecule has 4 nitrogen and oxygen atoms in total. The van der Waals surface area contributed by atoms with Crippen molar-refractivity contribution in [2.75, 3.05) is 0 Å². The number of unbranched alkanes of at least 4 members (excludes halogenated alkanes) is 1. The predicted octanol–water partition coefficient (Wildman–Crippen LogP) is 2.31. The van der Waals surface area contributed by atoms with Crippen LogP contribution in [0.1, 0.15) is 19.3 Å². The zero-order valence-corrected chi connectivity index (χ0v) is 12.8. The summed E-state index contributed by atoms with van der Waals surface area (Å²) in [6.07, 6.45) is 5.27. The quantitative estimate of drug-likeness (QED) is 0.557. The molecule has 0 aliphatic rings. The molecule has 1 heterocycles. The fourth-order valence-electron chi connectivity index (χ4n) is 1.26. The minimum atomic E-state index is -0.760. The lowest BCUT2D eigenvalue weighted by atomic mass is 10.2. The van der Waals surface area contributed by atoms with Crippen molar-refractivity contribution in [1.29, 1.82) is 0 Å². The van der Waals surface area contributed by atoms with Gasteiger partial charge in [-0.05, 0) is 58.0 Å². The Labute approximate surface area is 120 Å². The molecule has 0 fully saturated rings. The number of halogens is 2. The zero-order chi connectivity index (χ0) is 12.1. The van der Waals surface area contributed by atoms with E-state index in [1.807, 2.05) is 49.7 Å². The SMILES string of the molecule is O=C(O)CCCCn1cc(I)c(=O)c(I)c1. The van der Waals surface area contributed by atoms with Crippen molar-refractivity contribution in [3.8, 4) is 0 Å². The summed E-state index contributed by atoms with van der Waals surface area (Å²) < 4.78 is 3.33. The molecule has 0 unspecified atom stereocenters. The second-order valence-corrected chi connectivity index (χ2v) is 5.70. The molecule has 0 atom stereocenters. The highest BCUT2D eigenvalue weighted by Crippen LogP contribution is 2.06. The summed E-state index contributed by atoms with van der Waals surface area (Å²) in [5, 5.41) is 8.48. The van der Waals surface area contributed by atoms with E-state index in [1.165, 1.54) is 0 Å². The van der Waals surface area contributed by atoms with Crippen molar-refractivity contribution in [3.63, 3.8) is 0 Å². The number of rotatable bonds is 5. The molecule has 0 spiro atoms. The summed E-state index contributed by atoms with van der Waals surface area (Å²) in [7, 11) is 0. The fraction of sp³-hybridized carbons (Fsp3) is 0.400. The third-order valence-corrected chi connectivity index (χ3v) is 3.59. The van der Waals surface area contributed by atoms with Gasteiger partial charge in [-0.2, -0.15) is 0 Å². The highest BCUT2D eigenvalue weighted by molar-refractivity contribution is 14.1. The maximum atomic E-state index is 11.4. The van der Waals surface area contributed by atoms with Crippen LogP contribution >= 0.6 is 45.2 Å². The Morgan fingerprint density at radius 2 is 1.81 bits per heavy atom. The number of aryl methyl sites for hydroxylation is 1. The lowest BCUT2D eigenvalue weighted by Gasteiger charge is -2.06. The minimum absolute atomic E-state index is 0.0583. The van der Waals surface area contributed by atoms with Crippen LogP contribution in [0, 0.1) is 7.14 Å². The second kappa shape index (κ2) is 6.58. The smallest absolute Gasteiger partial charge is 0.303 e. The first kappa shape index (κ1) is 13.9. The molecule has 1 N–H and O–H groups in total. The summed E-state index contributed by atoms with van der Waals surface area (Å²) in [4.78, 5) is 21.7. The lowest BCUT2D eigenvalue weighted by molar-refractivity contribution is -0.137. The Kier molecular flexibility index (Phi) is 5.73. The average Bonchev–Trinajstić information content (AvgIpc) is 2.20. The third-order valence-electron chi connectivity index (χ3n) is 2.05. The van der Waals surface area contributed by atoms with Crippen LogP contribution in [0.25, 0.3) is 0 Å². The van der Waals surface area contributed by atoms with Crippen LogP contribution in [-0.4, -0.2) is 15.6 Å². The number of pyridine rings is 1. The second-order valence-electron chi connectivity index (χ2n) is 3.37. The van der Waals surface area contributed by atoms with E-state index < -0.39 is 5.97 Å². The van der Waals surface area contributed by atoms with E-state index in [0.717, 1.165) is 13.0 Å². The number of hydrogen-bond acceptors (Lipinski definition) is 2. The van der Waals surface area contributed by atoms with Crippen molar-refractivity contribution >= 4 is 51.2 Å². The molecular formula is C10H11I2NO3. The van der Waals surface area contributed by atoms with Crippen LogP contribution in [0.5, 0.6) is 0 Å². The van der Waals surface area contributed by atoms with Crippen molar-refractivity contribution in [3.05, 3.63) is 29.8 Å². The molecule has 0 aliphatic carbocycles. The Morgan fingerprint density at radius 1 is 1.25 bits per heavy atom. The largest absolute Gasteiger partial charge is 0.481 e. The standard InChI is InChI=1S/C10H11I2NO3/c11-7-5-13(6-8(12)10(7)16)4-2-1-3-9(14)15/h5-6H,1-4H2,(H,14,15). The summed E-state index contributed by atoms with van der Waals surface area (Å²) >= 11 is 4.03. The van der Waals surface area contributed by atoms with E-state index in [2.05, 4.69) is 0 Å². The Hall–Kier alpha value is -0.120. The summed E-state index contributed by atoms with van der Waals surface area (Å²) in [5.74, 6) is -0.760. The van der Waals surface area contributed by atoms with Crippen molar-refractivity contribution in [1.82, 2.24) is 4.57 Å². The van der Waals surface area contributed by atoms with Gasteiger partial charge in [0.15, 0.2) is 0 Å². The van der Waals surface area contributed by atoms with Gasteiger partial charge in [0.2, 0.25) is 5.43 Å². The highest BCUT2D eigenvalue weighted by Gasteiger charge is 2.03. The van der Waals surface area contributed by atoms with E-state index >= 15 is 0 Å². The fourth-order valence-corrected chi connectivity index (χ4v) is 3.07. The first-order valence-electron chi connectivity index (χ1n) is 4.77. The Morgan fingerprint density at radius 3 is 2.31 bits per heavy atom. The molecule has 0 aliphatic heterocycles. The molecule has 6 heteroatoms. The summed E-state index contributed by atoms with van der Waals surface area (Å²) in [6, 6.07) is 0. The Bertz CT molecular complexity index is 416. The first-order chi connectivity index (χ1) is 7.50. The molecule has 0 radical (unpaired) electrons. The van der Waals surface area contributed by atoms with Crippen LogP contribution in [0.15, 0.2) is 17.2 Å². The normalized spacial score (nSPS) is 10.4. The molecule has 0 amide bonds. The maximum absolute atomic E-state index is 11.4. The molecule has 1 rings (SSSR count). The van der Waals surface area contributed by atoms with E-state index in [0.29, 0.717) is 13.6 Å². The lowest BCUT2D eigenvalue weighted by Crippen LogP contribution is -2.14. The minimum Gasteiger partial charge on any atom is -0.481 e. The van der Waals surface area contributed by atoms with Gasteiger partial charge in [-0.25, -0.2) is 0 Å². The van der Waals surface area contributed by atoms with Gasteiger partial charge >= 0.3 is 5.97 Å². The van der Waals surface area contributed by atoms with Crippen molar-refractivity contribution < 1.29 is 9.90 Å². The maximum Gasteiger partial charge on any atom is 0.303 e. The molecule has 1 aromatic rings. The van der Waals surface area contributed by atoms with Crippen molar-refractivity contribution in [2.45, 2.75) is 25.8 Å². The van der Waals surface area contributed by atoms with Crippen LogP contribution in [-0.2, 0) is 11.3 Å². The Balaban J connectivity index is 2.55. The van der Waals surface area contributed by atoms with Crippen molar-refractivity contribution in [2.24, 2.45) is 0 Å². The molecule has 1 aromatic heterocycles.